The number of hydrogen-bond donors (Lipinski definition) is 0. The van der Waals surface area contributed by atoms with E-state index in [1.54, 1.807) is 24.7 Å². The highest BCUT2D eigenvalue weighted by Gasteiger charge is 2.37. The van der Waals surface area contributed by atoms with Crippen LogP contribution in [-0.4, -0.2) is 31.0 Å². The second-order valence-corrected chi connectivity index (χ2v) is 11.0. The van der Waals surface area contributed by atoms with Gasteiger partial charge in [-0.2, -0.15) is 0 Å². The van der Waals surface area contributed by atoms with Crippen LogP contribution >= 0.6 is 11.3 Å². The quantitative estimate of drug-likeness (QED) is 0.264. The number of thiazole rings is 1. The fourth-order valence-corrected chi connectivity index (χ4v) is 6.60. The molecule has 2 aliphatic rings. The maximum absolute atomic E-state index is 14.4. The molecule has 4 aromatic carbocycles. The third-order valence-electron chi connectivity index (χ3n) is 7.49. The lowest BCUT2D eigenvalue weighted by atomic mass is 9.89. The van der Waals surface area contributed by atoms with Crippen molar-refractivity contribution in [1.29, 1.82) is 0 Å². The van der Waals surface area contributed by atoms with Gasteiger partial charge in [-0.05, 0) is 47.5 Å². The van der Waals surface area contributed by atoms with Gasteiger partial charge in [-0.15, -0.1) is 0 Å². The van der Waals surface area contributed by atoms with Crippen LogP contribution in [0.15, 0.2) is 100 Å². The summed E-state index contributed by atoms with van der Waals surface area (Å²) in [5.74, 6) is 1.28. The molecule has 0 fully saturated rings. The molecule has 5 aromatic rings. The Morgan fingerprint density at radius 1 is 1.02 bits per heavy atom. The first-order valence-corrected chi connectivity index (χ1v) is 14.6. The fourth-order valence-electron chi connectivity index (χ4n) is 5.60. The second-order valence-electron chi connectivity index (χ2n) is 9.95. The number of fused-ring (bicyclic) bond motifs is 3. The van der Waals surface area contributed by atoms with Gasteiger partial charge in [0.1, 0.15) is 11.8 Å². The van der Waals surface area contributed by atoms with Gasteiger partial charge in [0.2, 0.25) is 6.79 Å². The number of carbonyl (C=O) groups is 1. The summed E-state index contributed by atoms with van der Waals surface area (Å²) in [5.41, 5.74) is 2.64. The van der Waals surface area contributed by atoms with E-state index in [-0.39, 0.29) is 24.5 Å². The van der Waals surface area contributed by atoms with Crippen molar-refractivity contribution in [3.63, 3.8) is 0 Å². The number of ether oxygens (including phenoxy) is 4. The van der Waals surface area contributed by atoms with Gasteiger partial charge in [-0.1, -0.05) is 78.1 Å². The van der Waals surface area contributed by atoms with E-state index in [0.717, 1.165) is 21.9 Å². The Bertz CT molecular complexity index is 2110. The summed E-state index contributed by atoms with van der Waals surface area (Å²) >= 11 is 1.26. The summed E-state index contributed by atoms with van der Waals surface area (Å²) in [6.45, 7) is 2.08. The molecule has 1 aromatic heterocycles. The number of aromatic nitrogens is 1. The van der Waals surface area contributed by atoms with Crippen LogP contribution in [0, 0.1) is 0 Å². The molecule has 0 N–H and O–H groups in total. The van der Waals surface area contributed by atoms with E-state index < -0.39 is 12.0 Å². The molecular weight excluding hydrogens is 564 g/mol. The third kappa shape index (κ3) is 4.58. The van der Waals surface area contributed by atoms with Crippen LogP contribution in [0.4, 0.5) is 0 Å². The standard InChI is InChI=1S/C34H26N2O6S/c1-3-40-33(38)29-30(22-10-5-4-6-11-22)35-34-36(31(29)28-23-12-8-7-9-21(23)14-16-25(28)39-2)32(37)27(43-34)18-20-13-15-24-26(17-20)42-19-41-24/h4-18,31H,3,19H2,1-2H3/t31-/m1/s1. The topological polar surface area (TPSA) is 88.4 Å². The Labute approximate surface area is 250 Å². The molecule has 8 nitrogen and oxygen atoms in total. The van der Waals surface area contributed by atoms with E-state index in [4.69, 9.17) is 23.9 Å². The largest absolute Gasteiger partial charge is 0.496 e. The highest BCUT2D eigenvalue weighted by Crippen LogP contribution is 2.42. The summed E-state index contributed by atoms with van der Waals surface area (Å²) in [5, 5.41) is 1.80. The number of nitrogens with zero attached hydrogens (tertiary/aromatic N) is 2. The highest BCUT2D eigenvalue weighted by molar-refractivity contribution is 7.07. The molecule has 0 unspecified atom stereocenters. The lowest BCUT2D eigenvalue weighted by Crippen LogP contribution is -2.40. The van der Waals surface area contributed by atoms with Gasteiger partial charge in [0.15, 0.2) is 16.3 Å². The molecular formula is C34H26N2O6S. The zero-order valence-corrected chi connectivity index (χ0v) is 24.2. The predicted octanol–water partition coefficient (Wildman–Crippen LogP) is 4.83. The van der Waals surface area contributed by atoms with E-state index in [9.17, 15) is 9.59 Å². The van der Waals surface area contributed by atoms with Crippen molar-refractivity contribution in [2.45, 2.75) is 13.0 Å². The van der Waals surface area contributed by atoms with Crippen molar-refractivity contribution in [1.82, 2.24) is 4.57 Å². The van der Waals surface area contributed by atoms with Crippen molar-refractivity contribution < 1.29 is 23.7 Å². The molecule has 0 saturated carbocycles. The Hall–Kier alpha value is -5.15. The van der Waals surface area contributed by atoms with Crippen LogP contribution in [0.5, 0.6) is 17.2 Å². The van der Waals surface area contributed by atoms with E-state index >= 15 is 0 Å². The smallest absolute Gasteiger partial charge is 0.338 e. The third-order valence-corrected chi connectivity index (χ3v) is 8.48. The van der Waals surface area contributed by atoms with Crippen LogP contribution in [0.25, 0.3) is 22.5 Å². The van der Waals surface area contributed by atoms with E-state index in [0.29, 0.717) is 37.8 Å². The average Bonchev–Trinajstić information content (AvgIpc) is 3.63. The van der Waals surface area contributed by atoms with Gasteiger partial charge in [-0.25, -0.2) is 9.79 Å². The first kappa shape index (κ1) is 26.7. The number of benzene rings is 4. The highest BCUT2D eigenvalue weighted by atomic mass is 32.1. The molecule has 3 heterocycles. The first-order valence-electron chi connectivity index (χ1n) is 13.8. The molecule has 1 atom stereocenters. The molecule has 9 heteroatoms. The Kier molecular flexibility index (Phi) is 6.79. The summed E-state index contributed by atoms with van der Waals surface area (Å²) in [4.78, 5) is 33.7. The lowest BCUT2D eigenvalue weighted by Gasteiger charge is -2.28. The molecule has 0 radical (unpaired) electrons. The maximum Gasteiger partial charge on any atom is 0.338 e. The Balaban J connectivity index is 1.57. The number of carbonyl (C=O) groups excluding carboxylic acids is 1. The van der Waals surface area contributed by atoms with Gasteiger partial charge in [0.25, 0.3) is 5.56 Å². The predicted molar refractivity (Wildman–Crippen MR) is 164 cm³/mol. The molecule has 0 bridgehead atoms. The van der Waals surface area contributed by atoms with Crippen molar-refractivity contribution in [3.05, 3.63) is 127 Å². The molecule has 0 saturated heterocycles. The molecule has 214 valence electrons. The van der Waals surface area contributed by atoms with Gasteiger partial charge >= 0.3 is 5.97 Å². The normalized spacial score (nSPS) is 15.8. The minimum absolute atomic E-state index is 0.159. The van der Waals surface area contributed by atoms with Gasteiger partial charge in [0.05, 0.1) is 29.5 Å². The number of esters is 1. The Morgan fingerprint density at radius 3 is 2.63 bits per heavy atom. The summed E-state index contributed by atoms with van der Waals surface area (Å²) in [6.07, 6.45) is 1.80. The number of rotatable bonds is 6. The zero-order valence-electron chi connectivity index (χ0n) is 23.4. The van der Waals surface area contributed by atoms with Crippen molar-refractivity contribution in [2.24, 2.45) is 4.99 Å². The van der Waals surface area contributed by atoms with Crippen LogP contribution in [0.2, 0.25) is 0 Å². The maximum atomic E-state index is 14.4. The lowest BCUT2D eigenvalue weighted by molar-refractivity contribution is -0.138. The molecule has 7 rings (SSSR count). The fraction of sp³-hybridized carbons (Fsp3) is 0.147. The van der Waals surface area contributed by atoms with Gasteiger partial charge < -0.3 is 18.9 Å². The van der Waals surface area contributed by atoms with Crippen LogP contribution in [0.3, 0.4) is 0 Å². The second kappa shape index (κ2) is 10.9. The number of methoxy groups -OCH3 is 1. The summed E-state index contributed by atoms with van der Waals surface area (Å²) < 4.78 is 24.5. The van der Waals surface area contributed by atoms with Crippen molar-refractivity contribution in [2.75, 3.05) is 20.5 Å². The van der Waals surface area contributed by atoms with Crippen LogP contribution < -0.4 is 29.1 Å². The zero-order chi connectivity index (χ0) is 29.5. The van der Waals surface area contributed by atoms with E-state index in [1.807, 2.05) is 84.9 Å². The van der Waals surface area contributed by atoms with E-state index in [2.05, 4.69) is 0 Å². The monoisotopic (exact) mass is 590 g/mol. The SMILES string of the molecule is CCOC(=O)C1=C(c2ccccc2)N=c2sc(=Cc3ccc4c(c3)OCO4)c(=O)n2[C@@H]1c1c(OC)ccc2ccccc12. The van der Waals surface area contributed by atoms with Crippen LogP contribution in [0.1, 0.15) is 29.7 Å². The summed E-state index contributed by atoms with van der Waals surface area (Å²) in [7, 11) is 1.59. The van der Waals surface area contributed by atoms with Crippen LogP contribution in [-0.2, 0) is 9.53 Å². The van der Waals surface area contributed by atoms with Crippen molar-refractivity contribution in [3.8, 4) is 17.2 Å². The molecule has 2 aliphatic heterocycles. The van der Waals surface area contributed by atoms with Gasteiger partial charge in [0, 0.05) is 11.1 Å². The van der Waals surface area contributed by atoms with Crippen molar-refractivity contribution >= 4 is 39.9 Å². The minimum Gasteiger partial charge on any atom is -0.496 e. The molecule has 43 heavy (non-hydrogen) atoms. The Morgan fingerprint density at radius 2 is 1.81 bits per heavy atom. The minimum atomic E-state index is -0.870. The van der Waals surface area contributed by atoms with E-state index in [1.165, 1.54) is 11.3 Å². The molecule has 0 spiro atoms. The molecule has 0 amide bonds. The molecule has 0 aliphatic carbocycles. The number of hydrogen-bond acceptors (Lipinski definition) is 8. The van der Waals surface area contributed by atoms with Gasteiger partial charge in [-0.3, -0.25) is 9.36 Å². The summed E-state index contributed by atoms with van der Waals surface area (Å²) in [6, 6.07) is 25.8. The first-order chi connectivity index (χ1) is 21.1. The average molecular weight is 591 g/mol.